The van der Waals surface area contributed by atoms with Gasteiger partial charge in [-0.15, -0.1) is 0 Å². The van der Waals surface area contributed by atoms with E-state index in [2.05, 4.69) is 15.0 Å². The Morgan fingerprint density at radius 2 is 1.88 bits per heavy atom. The van der Waals surface area contributed by atoms with Crippen molar-refractivity contribution in [3.05, 3.63) is 52.3 Å². The summed E-state index contributed by atoms with van der Waals surface area (Å²) in [5, 5.41) is 2.74. The van der Waals surface area contributed by atoms with E-state index in [1.807, 2.05) is 0 Å². The third kappa shape index (κ3) is 3.97. The smallest absolute Gasteiger partial charge is 0.268 e. The molecule has 0 atom stereocenters. The van der Waals surface area contributed by atoms with Gasteiger partial charge in [0.05, 0.1) is 4.90 Å². The van der Waals surface area contributed by atoms with Crippen LogP contribution in [0.4, 0.5) is 0 Å². The topological polar surface area (TPSA) is 108 Å². The summed E-state index contributed by atoms with van der Waals surface area (Å²) < 4.78 is 25.9. The molecule has 8 heteroatoms. The van der Waals surface area contributed by atoms with Crippen LogP contribution in [0.2, 0.25) is 0 Å². The molecular formula is C17H21N3O4S. The molecule has 134 valence electrons. The minimum atomic E-state index is -3.54. The van der Waals surface area contributed by atoms with Crippen molar-refractivity contribution in [2.24, 2.45) is 0 Å². The summed E-state index contributed by atoms with van der Waals surface area (Å²) in [5.74, 6) is -0.453. The molecule has 0 unspecified atom stereocenters. The summed E-state index contributed by atoms with van der Waals surface area (Å²) in [7, 11) is -2.20. The molecule has 0 spiro atoms. The summed E-state index contributed by atoms with van der Waals surface area (Å²) in [6.45, 7) is 5.08. The van der Waals surface area contributed by atoms with Crippen LogP contribution in [0.3, 0.4) is 0 Å². The van der Waals surface area contributed by atoms with Crippen LogP contribution >= 0.6 is 0 Å². The Morgan fingerprint density at radius 1 is 1.20 bits per heavy atom. The van der Waals surface area contributed by atoms with Gasteiger partial charge in [0, 0.05) is 17.8 Å². The number of rotatable bonds is 6. The zero-order valence-corrected chi connectivity index (χ0v) is 15.4. The Morgan fingerprint density at radius 3 is 2.44 bits per heavy atom. The first-order valence-corrected chi connectivity index (χ1v) is 9.16. The number of aromatic amines is 1. The molecular weight excluding hydrogens is 342 g/mol. The average Bonchev–Trinajstić information content (AvgIpc) is 2.87. The Hall–Kier alpha value is -2.45. The number of amides is 1. The van der Waals surface area contributed by atoms with Crippen molar-refractivity contribution < 1.29 is 18.0 Å². The lowest BCUT2D eigenvalue weighted by atomic mass is 10.1. The molecule has 25 heavy (non-hydrogen) atoms. The first-order chi connectivity index (χ1) is 11.7. The fourth-order valence-electron chi connectivity index (χ4n) is 2.72. The minimum Gasteiger partial charge on any atom is -0.354 e. The zero-order chi connectivity index (χ0) is 18.8. The number of benzene rings is 1. The van der Waals surface area contributed by atoms with E-state index in [0.717, 1.165) is 0 Å². The molecule has 0 radical (unpaired) electrons. The number of sulfonamides is 1. The molecule has 1 aromatic carbocycles. The predicted molar refractivity (Wildman–Crippen MR) is 94.1 cm³/mol. The highest BCUT2D eigenvalue weighted by Crippen LogP contribution is 2.18. The molecule has 2 aromatic rings. The average molecular weight is 363 g/mol. The van der Waals surface area contributed by atoms with Crippen LogP contribution in [-0.2, 0) is 16.6 Å². The first-order valence-electron chi connectivity index (χ1n) is 7.68. The van der Waals surface area contributed by atoms with E-state index in [4.69, 9.17) is 0 Å². The predicted octanol–water partition coefficient (Wildman–Crippen LogP) is 1.67. The standard InChI is InChI=1S/C17H21N3O4S/c1-10-15(12(3)21)11(2)20-16(10)17(22)19-9-13-6-5-7-14(8-13)25(23,24)18-4/h5-8,18,20H,9H2,1-4H3,(H,19,22). The minimum absolute atomic E-state index is 0.102. The van der Waals surface area contributed by atoms with E-state index in [0.29, 0.717) is 28.1 Å². The van der Waals surface area contributed by atoms with Crippen molar-refractivity contribution in [2.75, 3.05) is 7.05 Å². The second-order valence-corrected chi connectivity index (χ2v) is 7.61. The van der Waals surface area contributed by atoms with Crippen molar-refractivity contribution in [1.29, 1.82) is 0 Å². The number of nitrogens with one attached hydrogen (secondary N) is 3. The third-order valence-electron chi connectivity index (χ3n) is 3.95. The molecule has 3 N–H and O–H groups in total. The zero-order valence-electron chi connectivity index (χ0n) is 14.6. The maximum Gasteiger partial charge on any atom is 0.268 e. The van der Waals surface area contributed by atoms with E-state index in [9.17, 15) is 18.0 Å². The lowest BCUT2D eigenvalue weighted by Crippen LogP contribution is -2.24. The van der Waals surface area contributed by atoms with Gasteiger partial charge in [-0.2, -0.15) is 0 Å². The highest BCUT2D eigenvalue weighted by molar-refractivity contribution is 7.89. The Labute approximate surface area is 146 Å². The summed E-state index contributed by atoms with van der Waals surface area (Å²) in [5.41, 5.74) is 2.76. The number of hydrogen-bond acceptors (Lipinski definition) is 4. The number of ketones is 1. The molecule has 0 aliphatic rings. The number of hydrogen-bond donors (Lipinski definition) is 3. The van der Waals surface area contributed by atoms with Crippen molar-refractivity contribution in [1.82, 2.24) is 15.0 Å². The lowest BCUT2D eigenvalue weighted by Gasteiger charge is -2.08. The molecule has 0 aliphatic heterocycles. The summed E-state index contributed by atoms with van der Waals surface area (Å²) in [4.78, 5) is 27.1. The number of carbonyl (C=O) groups excluding carboxylic acids is 2. The van der Waals surface area contributed by atoms with Crippen LogP contribution in [0.25, 0.3) is 0 Å². The molecule has 0 saturated carbocycles. The molecule has 0 fully saturated rings. The van der Waals surface area contributed by atoms with Gasteiger partial charge in [-0.3, -0.25) is 9.59 Å². The van der Waals surface area contributed by atoms with Crippen LogP contribution in [0.15, 0.2) is 29.2 Å². The molecule has 0 saturated heterocycles. The van der Waals surface area contributed by atoms with Gasteiger partial charge >= 0.3 is 0 Å². The fraction of sp³-hybridized carbons (Fsp3) is 0.294. The molecule has 1 heterocycles. The number of aromatic nitrogens is 1. The lowest BCUT2D eigenvalue weighted by molar-refractivity contribution is 0.0945. The summed E-state index contributed by atoms with van der Waals surface area (Å²) in [6, 6.07) is 6.32. The third-order valence-corrected chi connectivity index (χ3v) is 5.36. The van der Waals surface area contributed by atoms with Gasteiger partial charge in [0.15, 0.2) is 5.78 Å². The van der Waals surface area contributed by atoms with E-state index in [-0.39, 0.29) is 23.1 Å². The SMILES string of the molecule is CNS(=O)(=O)c1cccc(CNC(=O)c2[nH]c(C)c(C(C)=O)c2C)c1. The van der Waals surface area contributed by atoms with Crippen LogP contribution in [0.5, 0.6) is 0 Å². The van der Waals surface area contributed by atoms with Gasteiger partial charge < -0.3 is 10.3 Å². The summed E-state index contributed by atoms with van der Waals surface area (Å²) in [6.07, 6.45) is 0. The Bertz CT molecular complexity index is 929. The van der Waals surface area contributed by atoms with E-state index in [1.165, 1.54) is 26.1 Å². The van der Waals surface area contributed by atoms with Crippen molar-refractivity contribution in [3.8, 4) is 0 Å². The van der Waals surface area contributed by atoms with E-state index < -0.39 is 10.0 Å². The van der Waals surface area contributed by atoms with Gasteiger partial charge in [-0.25, -0.2) is 13.1 Å². The molecule has 7 nitrogen and oxygen atoms in total. The number of carbonyl (C=O) groups is 2. The maximum atomic E-state index is 12.4. The second-order valence-electron chi connectivity index (χ2n) is 5.72. The molecule has 1 aromatic heterocycles. The number of Topliss-reactive ketones (excluding diaryl/α,β-unsaturated/α-hetero) is 1. The van der Waals surface area contributed by atoms with Crippen LogP contribution in [0, 0.1) is 13.8 Å². The van der Waals surface area contributed by atoms with Crippen molar-refractivity contribution in [2.45, 2.75) is 32.2 Å². The molecule has 2 rings (SSSR count). The fourth-order valence-corrected chi connectivity index (χ4v) is 3.52. The van der Waals surface area contributed by atoms with Crippen LogP contribution in [0.1, 0.15) is 44.6 Å². The van der Waals surface area contributed by atoms with Crippen molar-refractivity contribution >= 4 is 21.7 Å². The first kappa shape index (κ1) is 18.9. The van der Waals surface area contributed by atoms with E-state index in [1.54, 1.807) is 26.0 Å². The van der Waals surface area contributed by atoms with Crippen LogP contribution < -0.4 is 10.0 Å². The van der Waals surface area contributed by atoms with Gasteiger partial charge in [-0.05, 0) is 51.1 Å². The number of H-pyrrole nitrogens is 1. The second kappa shape index (κ2) is 7.20. The molecule has 0 aliphatic carbocycles. The van der Waals surface area contributed by atoms with Gasteiger partial charge in [0.2, 0.25) is 10.0 Å². The van der Waals surface area contributed by atoms with Crippen LogP contribution in [-0.4, -0.2) is 32.1 Å². The Balaban J connectivity index is 2.18. The highest BCUT2D eigenvalue weighted by atomic mass is 32.2. The maximum absolute atomic E-state index is 12.4. The number of aryl methyl sites for hydroxylation is 1. The van der Waals surface area contributed by atoms with E-state index >= 15 is 0 Å². The van der Waals surface area contributed by atoms with Crippen molar-refractivity contribution in [3.63, 3.8) is 0 Å². The molecule has 1 amide bonds. The highest BCUT2D eigenvalue weighted by Gasteiger charge is 2.19. The normalized spacial score (nSPS) is 11.4. The van der Waals surface area contributed by atoms with Gasteiger partial charge in [0.25, 0.3) is 5.91 Å². The van der Waals surface area contributed by atoms with Gasteiger partial charge in [0.1, 0.15) is 5.69 Å². The molecule has 0 bridgehead atoms. The Kier molecular flexibility index (Phi) is 5.44. The van der Waals surface area contributed by atoms with Gasteiger partial charge in [-0.1, -0.05) is 12.1 Å². The monoisotopic (exact) mass is 363 g/mol. The largest absolute Gasteiger partial charge is 0.354 e. The summed E-state index contributed by atoms with van der Waals surface area (Å²) >= 11 is 0. The quantitative estimate of drug-likeness (QED) is 0.678.